The van der Waals surface area contributed by atoms with Crippen LogP contribution in [0.4, 0.5) is 13.2 Å². The summed E-state index contributed by atoms with van der Waals surface area (Å²) in [6.07, 6.45) is -4.92. The SMILES string of the molecule is COc1ccc(C(O)(COCc2cccc(Oc3ccccc3)c2)C(F)(F)F)cc1. The first-order chi connectivity index (χ1) is 14.3. The summed E-state index contributed by atoms with van der Waals surface area (Å²) < 4.78 is 56.8. The largest absolute Gasteiger partial charge is 0.497 e. The average molecular weight is 418 g/mol. The van der Waals surface area contributed by atoms with Crippen molar-refractivity contribution in [2.24, 2.45) is 0 Å². The van der Waals surface area contributed by atoms with Gasteiger partial charge in [-0.05, 0) is 47.5 Å². The second kappa shape index (κ2) is 9.19. The number of benzene rings is 3. The van der Waals surface area contributed by atoms with Gasteiger partial charge in [0.1, 0.15) is 17.2 Å². The normalized spacial score (nSPS) is 13.5. The Morgan fingerprint density at radius 2 is 1.47 bits per heavy atom. The van der Waals surface area contributed by atoms with Crippen LogP contribution in [0.3, 0.4) is 0 Å². The first kappa shape index (κ1) is 21.7. The van der Waals surface area contributed by atoms with E-state index in [-0.39, 0.29) is 12.2 Å². The summed E-state index contributed by atoms with van der Waals surface area (Å²) >= 11 is 0. The van der Waals surface area contributed by atoms with Crippen molar-refractivity contribution in [1.82, 2.24) is 0 Å². The number of halogens is 3. The molecule has 158 valence electrons. The Labute approximate surface area is 172 Å². The van der Waals surface area contributed by atoms with E-state index >= 15 is 0 Å². The molecule has 3 aromatic rings. The molecule has 0 aromatic heterocycles. The highest BCUT2D eigenvalue weighted by Gasteiger charge is 2.55. The Bertz CT molecular complexity index is 943. The topological polar surface area (TPSA) is 47.9 Å². The monoisotopic (exact) mass is 418 g/mol. The molecule has 0 saturated carbocycles. The minimum Gasteiger partial charge on any atom is -0.497 e. The molecule has 0 fully saturated rings. The van der Waals surface area contributed by atoms with Crippen molar-refractivity contribution in [3.8, 4) is 17.2 Å². The highest BCUT2D eigenvalue weighted by molar-refractivity contribution is 5.34. The Balaban J connectivity index is 1.68. The maximum absolute atomic E-state index is 13.6. The third-order valence-corrected chi connectivity index (χ3v) is 4.49. The summed E-state index contributed by atoms with van der Waals surface area (Å²) in [4.78, 5) is 0. The van der Waals surface area contributed by atoms with Crippen LogP contribution in [0.2, 0.25) is 0 Å². The molecule has 0 aliphatic carbocycles. The predicted octanol–water partition coefficient (Wildman–Crippen LogP) is 5.45. The molecule has 30 heavy (non-hydrogen) atoms. The molecule has 7 heteroatoms. The lowest BCUT2D eigenvalue weighted by Crippen LogP contribution is -2.46. The van der Waals surface area contributed by atoms with Gasteiger partial charge in [0.2, 0.25) is 5.60 Å². The lowest BCUT2D eigenvalue weighted by Gasteiger charge is -2.30. The zero-order valence-electron chi connectivity index (χ0n) is 16.2. The number of hydrogen-bond acceptors (Lipinski definition) is 4. The van der Waals surface area contributed by atoms with E-state index in [0.29, 0.717) is 22.8 Å². The van der Waals surface area contributed by atoms with Crippen molar-refractivity contribution in [2.75, 3.05) is 13.7 Å². The molecule has 1 atom stereocenters. The summed E-state index contributed by atoms with van der Waals surface area (Å²) in [5, 5.41) is 10.4. The van der Waals surface area contributed by atoms with Crippen molar-refractivity contribution in [3.05, 3.63) is 90.0 Å². The minimum atomic E-state index is -4.92. The zero-order valence-corrected chi connectivity index (χ0v) is 16.2. The number of methoxy groups -OCH3 is 1. The van der Waals surface area contributed by atoms with E-state index in [1.165, 1.54) is 31.4 Å². The molecule has 0 aliphatic heterocycles. The summed E-state index contributed by atoms with van der Waals surface area (Å²) in [6, 6.07) is 21.0. The molecule has 3 rings (SSSR count). The summed E-state index contributed by atoms with van der Waals surface area (Å²) in [7, 11) is 1.41. The highest BCUT2D eigenvalue weighted by atomic mass is 19.4. The van der Waals surface area contributed by atoms with Crippen molar-refractivity contribution >= 4 is 0 Å². The molecule has 0 aliphatic rings. The Morgan fingerprint density at radius 3 is 2.10 bits per heavy atom. The number of rotatable bonds is 8. The predicted molar refractivity (Wildman–Crippen MR) is 106 cm³/mol. The first-order valence-corrected chi connectivity index (χ1v) is 9.15. The second-order valence-electron chi connectivity index (χ2n) is 6.64. The summed E-state index contributed by atoms with van der Waals surface area (Å²) in [6.45, 7) is -1.08. The fraction of sp³-hybridized carbons (Fsp3) is 0.217. The van der Waals surface area contributed by atoms with Gasteiger partial charge in [0.15, 0.2) is 0 Å². The number of hydrogen-bond donors (Lipinski definition) is 1. The Kier molecular flexibility index (Phi) is 6.64. The van der Waals surface area contributed by atoms with Gasteiger partial charge in [-0.25, -0.2) is 0 Å². The van der Waals surface area contributed by atoms with E-state index in [9.17, 15) is 18.3 Å². The fourth-order valence-corrected chi connectivity index (χ4v) is 2.84. The van der Waals surface area contributed by atoms with E-state index < -0.39 is 18.4 Å². The fourth-order valence-electron chi connectivity index (χ4n) is 2.84. The minimum absolute atomic E-state index is 0.124. The van der Waals surface area contributed by atoms with Crippen LogP contribution in [0.1, 0.15) is 11.1 Å². The molecule has 1 unspecified atom stereocenters. The van der Waals surface area contributed by atoms with Crippen molar-refractivity contribution in [1.29, 1.82) is 0 Å². The van der Waals surface area contributed by atoms with E-state index in [1.54, 1.807) is 36.4 Å². The van der Waals surface area contributed by atoms with Crippen molar-refractivity contribution < 1.29 is 32.5 Å². The lowest BCUT2D eigenvalue weighted by molar-refractivity contribution is -0.283. The molecule has 0 bridgehead atoms. The Morgan fingerprint density at radius 1 is 0.800 bits per heavy atom. The standard InChI is InChI=1S/C23H21F3O4/c1-28-19-12-10-18(11-13-19)22(27,23(24,25)26)16-29-15-17-6-5-9-21(14-17)30-20-7-3-2-4-8-20/h2-14,27H,15-16H2,1H3. The molecule has 0 saturated heterocycles. The molecule has 0 heterocycles. The van der Waals surface area contributed by atoms with Crippen LogP contribution in [0.5, 0.6) is 17.2 Å². The van der Waals surface area contributed by atoms with Gasteiger partial charge in [0.05, 0.1) is 20.3 Å². The van der Waals surface area contributed by atoms with Gasteiger partial charge in [0.25, 0.3) is 0 Å². The molecule has 0 radical (unpaired) electrons. The Hall–Kier alpha value is -3.03. The quantitative estimate of drug-likeness (QED) is 0.528. The van der Waals surface area contributed by atoms with Crippen LogP contribution in [0, 0.1) is 0 Å². The van der Waals surface area contributed by atoms with Gasteiger partial charge >= 0.3 is 6.18 Å². The zero-order chi connectivity index (χ0) is 21.6. The van der Waals surface area contributed by atoms with Crippen LogP contribution in [-0.2, 0) is 16.9 Å². The molecule has 0 amide bonds. The van der Waals surface area contributed by atoms with E-state index in [4.69, 9.17) is 14.2 Å². The smallest absolute Gasteiger partial charge is 0.423 e. The van der Waals surface area contributed by atoms with Gasteiger partial charge < -0.3 is 19.3 Å². The molecular formula is C23H21F3O4. The lowest BCUT2D eigenvalue weighted by atomic mass is 9.94. The third kappa shape index (κ3) is 5.11. The third-order valence-electron chi connectivity index (χ3n) is 4.49. The molecule has 1 N–H and O–H groups in total. The number of aliphatic hydroxyl groups is 1. The van der Waals surface area contributed by atoms with E-state index in [1.807, 2.05) is 18.2 Å². The van der Waals surface area contributed by atoms with Crippen LogP contribution in [0.15, 0.2) is 78.9 Å². The van der Waals surface area contributed by atoms with Gasteiger partial charge in [0, 0.05) is 0 Å². The summed E-state index contributed by atoms with van der Waals surface area (Å²) in [5.74, 6) is 1.56. The van der Waals surface area contributed by atoms with Gasteiger partial charge in [-0.1, -0.05) is 42.5 Å². The molecule has 3 aromatic carbocycles. The first-order valence-electron chi connectivity index (χ1n) is 9.15. The van der Waals surface area contributed by atoms with Crippen LogP contribution in [0.25, 0.3) is 0 Å². The van der Waals surface area contributed by atoms with E-state index in [0.717, 1.165) is 0 Å². The van der Waals surface area contributed by atoms with Gasteiger partial charge in [-0.2, -0.15) is 13.2 Å². The highest BCUT2D eigenvalue weighted by Crippen LogP contribution is 2.40. The number of para-hydroxylation sites is 1. The molecular weight excluding hydrogens is 397 g/mol. The van der Waals surface area contributed by atoms with Gasteiger partial charge in [-0.3, -0.25) is 0 Å². The van der Waals surface area contributed by atoms with Crippen LogP contribution in [-0.4, -0.2) is 25.0 Å². The maximum Gasteiger partial charge on any atom is 0.423 e. The van der Waals surface area contributed by atoms with Gasteiger partial charge in [-0.15, -0.1) is 0 Å². The van der Waals surface area contributed by atoms with Crippen LogP contribution < -0.4 is 9.47 Å². The van der Waals surface area contributed by atoms with Crippen LogP contribution >= 0.6 is 0 Å². The average Bonchev–Trinajstić information content (AvgIpc) is 2.74. The molecule has 4 nitrogen and oxygen atoms in total. The second-order valence-corrected chi connectivity index (χ2v) is 6.64. The van der Waals surface area contributed by atoms with Crippen molar-refractivity contribution in [2.45, 2.75) is 18.4 Å². The van der Waals surface area contributed by atoms with E-state index in [2.05, 4.69) is 0 Å². The number of ether oxygens (including phenoxy) is 3. The number of alkyl halides is 3. The molecule has 0 spiro atoms. The maximum atomic E-state index is 13.6. The summed E-state index contributed by atoms with van der Waals surface area (Å²) in [5.41, 5.74) is -2.85. The van der Waals surface area contributed by atoms with Crippen molar-refractivity contribution in [3.63, 3.8) is 0 Å².